The highest BCUT2D eigenvalue weighted by Crippen LogP contribution is 2.23. The molecule has 30 heavy (non-hydrogen) atoms. The molecule has 2 atom stereocenters. The number of rotatable bonds is 8. The van der Waals surface area contributed by atoms with Crippen molar-refractivity contribution in [2.75, 3.05) is 12.9 Å². The van der Waals surface area contributed by atoms with Gasteiger partial charge >= 0.3 is 0 Å². The molecule has 0 aliphatic heterocycles. The number of hydrogen-bond acceptors (Lipinski definition) is 5. The summed E-state index contributed by atoms with van der Waals surface area (Å²) in [5.74, 6) is 0.842. The summed E-state index contributed by atoms with van der Waals surface area (Å²) in [6.45, 7) is 7.85. The third-order valence-corrected chi connectivity index (χ3v) is 6.10. The second kappa shape index (κ2) is 9.38. The Labute approximate surface area is 180 Å². The minimum absolute atomic E-state index is 0.0122. The fourth-order valence-corrected chi connectivity index (χ4v) is 4.16. The third-order valence-electron chi connectivity index (χ3n) is 5.14. The molecule has 0 saturated carbocycles. The minimum Gasteiger partial charge on any atom is -0.497 e. The highest BCUT2D eigenvalue weighted by Gasteiger charge is 2.18. The molecule has 3 aromatic rings. The minimum atomic E-state index is -0.136. The standard InChI is InChI=1S/C22H28N4O3S/c1-6-14(3)26-21(28)20-18(11-13(2)23-20)25-22(26)30-12-19(27)24-15(4)16-7-9-17(29-5)10-8-16/h7-11,14-15,23H,6,12H2,1-5H3,(H,24,27)/t14-,15+/m1/s1. The summed E-state index contributed by atoms with van der Waals surface area (Å²) < 4.78 is 6.85. The van der Waals surface area contributed by atoms with Crippen molar-refractivity contribution in [3.05, 3.63) is 51.9 Å². The van der Waals surface area contributed by atoms with Crippen molar-refractivity contribution in [1.82, 2.24) is 19.9 Å². The number of carbonyl (C=O) groups is 1. The fourth-order valence-electron chi connectivity index (χ4n) is 3.25. The zero-order chi connectivity index (χ0) is 21.8. The number of nitrogens with zero attached hydrogens (tertiary/aromatic N) is 2. The lowest BCUT2D eigenvalue weighted by Crippen LogP contribution is -2.29. The van der Waals surface area contributed by atoms with Crippen LogP contribution in [0.3, 0.4) is 0 Å². The van der Waals surface area contributed by atoms with Crippen LogP contribution in [0, 0.1) is 6.92 Å². The lowest BCUT2D eigenvalue weighted by atomic mass is 10.1. The second-order valence-electron chi connectivity index (χ2n) is 7.39. The Hall–Kier alpha value is -2.74. The second-order valence-corrected chi connectivity index (χ2v) is 8.33. The van der Waals surface area contributed by atoms with Gasteiger partial charge in [-0.2, -0.15) is 0 Å². The van der Waals surface area contributed by atoms with Gasteiger partial charge in [0.2, 0.25) is 5.91 Å². The normalized spacial score (nSPS) is 13.2. The van der Waals surface area contributed by atoms with E-state index in [4.69, 9.17) is 4.74 Å². The molecule has 1 amide bonds. The number of carbonyl (C=O) groups excluding carboxylic acids is 1. The van der Waals surface area contributed by atoms with Crippen LogP contribution in [0.4, 0.5) is 0 Å². The molecule has 2 N–H and O–H groups in total. The molecule has 0 radical (unpaired) electrons. The molecule has 0 aliphatic carbocycles. The van der Waals surface area contributed by atoms with E-state index in [1.54, 1.807) is 11.7 Å². The number of benzene rings is 1. The van der Waals surface area contributed by atoms with Gasteiger partial charge in [0, 0.05) is 11.7 Å². The summed E-state index contributed by atoms with van der Waals surface area (Å²) in [6, 6.07) is 9.31. The molecule has 0 saturated heterocycles. The van der Waals surface area contributed by atoms with E-state index in [1.165, 1.54) is 11.8 Å². The predicted octanol–water partition coefficient (Wildman–Crippen LogP) is 3.98. The van der Waals surface area contributed by atoms with Crippen LogP contribution in [0.2, 0.25) is 0 Å². The average Bonchev–Trinajstić information content (AvgIpc) is 3.12. The Bertz CT molecular complexity index is 1090. The van der Waals surface area contributed by atoms with Crippen LogP contribution in [-0.2, 0) is 4.79 Å². The van der Waals surface area contributed by atoms with Crippen LogP contribution >= 0.6 is 11.8 Å². The molecule has 3 rings (SSSR count). The van der Waals surface area contributed by atoms with Crippen molar-refractivity contribution in [3.8, 4) is 5.75 Å². The van der Waals surface area contributed by atoms with Gasteiger partial charge in [0.1, 0.15) is 11.3 Å². The number of hydrogen-bond donors (Lipinski definition) is 2. The number of nitrogens with one attached hydrogen (secondary N) is 2. The van der Waals surface area contributed by atoms with Gasteiger partial charge in [-0.05, 0) is 51.0 Å². The fraction of sp³-hybridized carbons (Fsp3) is 0.409. The van der Waals surface area contributed by atoms with Crippen molar-refractivity contribution >= 4 is 28.7 Å². The number of H-pyrrole nitrogens is 1. The molecule has 1 aromatic carbocycles. The number of aryl methyl sites for hydroxylation is 1. The smallest absolute Gasteiger partial charge is 0.278 e. The summed E-state index contributed by atoms with van der Waals surface area (Å²) in [4.78, 5) is 33.3. The average molecular weight is 429 g/mol. The summed E-state index contributed by atoms with van der Waals surface area (Å²) in [7, 11) is 1.62. The van der Waals surface area contributed by atoms with Gasteiger partial charge in [0.15, 0.2) is 5.16 Å². The maximum Gasteiger partial charge on any atom is 0.278 e. The molecule has 0 bridgehead atoms. The molecule has 2 aromatic heterocycles. The SMILES string of the molecule is CC[C@@H](C)n1c(SCC(=O)N[C@@H](C)c2ccc(OC)cc2)nc2cc(C)[nH]c2c1=O. The van der Waals surface area contributed by atoms with Gasteiger partial charge < -0.3 is 15.0 Å². The van der Waals surface area contributed by atoms with Crippen LogP contribution in [0.1, 0.15) is 50.5 Å². The van der Waals surface area contributed by atoms with E-state index in [2.05, 4.69) is 15.3 Å². The van der Waals surface area contributed by atoms with E-state index in [0.717, 1.165) is 23.4 Å². The van der Waals surface area contributed by atoms with Crippen LogP contribution in [0.5, 0.6) is 5.75 Å². The zero-order valence-corrected chi connectivity index (χ0v) is 18.8. The van der Waals surface area contributed by atoms with Gasteiger partial charge in [-0.3, -0.25) is 14.2 Å². The van der Waals surface area contributed by atoms with Crippen LogP contribution < -0.4 is 15.6 Å². The first kappa shape index (κ1) is 22.0. The van der Waals surface area contributed by atoms with Gasteiger partial charge in [-0.15, -0.1) is 0 Å². The summed E-state index contributed by atoms with van der Waals surface area (Å²) >= 11 is 1.29. The summed E-state index contributed by atoms with van der Waals surface area (Å²) in [5, 5.41) is 3.56. The maximum absolute atomic E-state index is 13.0. The Balaban J connectivity index is 1.75. The topological polar surface area (TPSA) is 89.0 Å². The van der Waals surface area contributed by atoms with E-state index >= 15 is 0 Å². The van der Waals surface area contributed by atoms with Crippen molar-refractivity contribution < 1.29 is 9.53 Å². The van der Waals surface area contributed by atoms with Crippen molar-refractivity contribution in [1.29, 1.82) is 0 Å². The molecule has 7 nitrogen and oxygen atoms in total. The lowest BCUT2D eigenvalue weighted by molar-refractivity contribution is -0.119. The van der Waals surface area contributed by atoms with E-state index < -0.39 is 0 Å². The van der Waals surface area contributed by atoms with Crippen LogP contribution in [-0.4, -0.2) is 33.3 Å². The summed E-state index contributed by atoms with van der Waals surface area (Å²) in [5.41, 5.74) is 2.92. The Morgan fingerprint density at radius 2 is 2.00 bits per heavy atom. The van der Waals surface area contributed by atoms with Crippen molar-refractivity contribution in [2.24, 2.45) is 0 Å². The molecule has 8 heteroatoms. The molecular weight excluding hydrogens is 400 g/mol. The number of thioether (sulfide) groups is 1. The van der Waals surface area contributed by atoms with E-state index in [-0.39, 0.29) is 29.3 Å². The predicted molar refractivity (Wildman–Crippen MR) is 120 cm³/mol. The number of methoxy groups -OCH3 is 1. The largest absolute Gasteiger partial charge is 0.497 e. The third kappa shape index (κ3) is 4.70. The van der Waals surface area contributed by atoms with Crippen molar-refractivity contribution in [3.63, 3.8) is 0 Å². The molecule has 0 aliphatic rings. The molecular formula is C22H28N4O3S. The van der Waals surface area contributed by atoms with Gasteiger partial charge in [-0.1, -0.05) is 30.8 Å². The first-order valence-corrected chi connectivity index (χ1v) is 11.0. The number of aromatic amines is 1. The van der Waals surface area contributed by atoms with Gasteiger partial charge in [0.25, 0.3) is 5.56 Å². The lowest BCUT2D eigenvalue weighted by Gasteiger charge is -2.18. The Morgan fingerprint density at radius 1 is 1.30 bits per heavy atom. The molecule has 0 unspecified atom stereocenters. The maximum atomic E-state index is 13.0. The quantitative estimate of drug-likeness (QED) is 0.418. The highest BCUT2D eigenvalue weighted by molar-refractivity contribution is 7.99. The zero-order valence-electron chi connectivity index (χ0n) is 18.0. The highest BCUT2D eigenvalue weighted by atomic mass is 32.2. The monoisotopic (exact) mass is 428 g/mol. The number of ether oxygens (including phenoxy) is 1. The summed E-state index contributed by atoms with van der Waals surface area (Å²) in [6.07, 6.45) is 0.793. The van der Waals surface area contributed by atoms with Gasteiger partial charge in [0.05, 0.1) is 24.4 Å². The molecule has 0 fully saturated rings. The first-order chi connectivity index (χ1) is 14.3. The number of aromatic nitrogens is 3. The molecule has 160 valence electrons. The number of fused-ring (bicyclic) bond motifs is 1. The molecule has 0 spiro atoms. The van der Waals surface area contributed by atoms with Gasteiger partial charge in [-0.25, -0.2) is 4.98 Å². The van der Waals surface area contributed by atoms with E-state index in [0.29, 0.717) is 16.2 Å². The molecule has 2 heterocycles. The van der Waals surface area contributed by atoms with Crippen molar-refractivity contribution in [2.45, 2.75) is 51.4 Å². The first-order valence-electron chi connectivity index (χ1n) is 10.0. The van der Waals surface area contributed by atoms with E-state index in [1.807, 2.05) is 58.0 Å². The van der Waals surface area contributed by atoms with Crippen LogP contribution in [0.15, 0.2) is 40.3 Å². The Morgan fingerprint density at radius 3 is 2.63 bits per heavy atom. The Kier molecular flexibility index (Phi) is 6.87. The van der Waals surface area contributed by atoms with Crippen LogP contribution in [0.25, 0.3) is 11.0 Å². The van der Waals surface area contributed by atoms with E-state index in [9.17, 15) is 9.59 Å². The number of amides is 1.